The number of hydrogen-bond donors (Lipinski definition) is 2. The second kappa shape index (κ2) is 5.10. The van der Waals surface area contributed by atoms with Crippen LogP contribution in [0.5, 0.6) is 0 Å². The predicted molar refractivity (Wildman–Crippen MR) is 59.3 cm³/mol. The summed E-state index contributed by atoms with van der Waals surface area (Å²) in [7, 11) is 0. The average Bonchev–Trinajstić information content (AvgIpc) is 2.72. The number of nitrogens with one attached hydrogen (secondary N) is 2. The van der Waals surface area contributed by atoms with Crippen molar-refractivity contribution >= 4 is 0 Å². The third-order valence-corrected chi connectivity index (χ3v) is 3.53. The van der Waals surface area contributed by atoms with E-state index in [1.807, 2.05) is 0 Å². The van der Waals surface area contributed by atoms with Crippen LogP contribution in [0.1, 0.15) is 32.6 Å². The Kier molecular flexibility index (Phi) is 3.79. The summed E-state index contributed by atoms with van der Waals surface area (Å²) in [6.07, 6.45) is 6.19. The van der Waals surface area contributed by atoms with Gasteiger partial charge in [0.1, 0.15) is 0 Å². The standard InChI is InChI=1S/C11H23N3/c1-10(13-11-4-2-3-5-11)14-8-6-12-7-9-14/h10-13H,2-9H2,1H3. The summed E-state index contributed by atoms with van der Waals surface area (Å²) >= 11 is 0. The van der Waals surface area contributed by atoms with Gasteiger partial charge >= 0.3 is 0 Å². The van der Waals surface area contributed by atoms with E-state index in [0.717, 1.165) is 19.1 Å². The van der Waals surface area contributed by atoms with Gasteiger partial charge in [0.25, 0.3) is 0 Å². The van der Waals surface area contributed by atoms with Crippen LogP contribution in [0, 0.1) is 0 Å². The maximum atomic E-state index is 3.75. The maximum absolute atomic E-state index is 3.75. The summed E-state index contributed by atoms with van der Waals surface area (Å²) < 4.78 is 0. The number of rotatable bonds is 3. The Morgan fingerprint density at radius 1 is 1.21 bits per heavy atom. The highest BCUT2D eigenvalue weighted by Crippen LogP contribution is 2.18. The lowest BCUT2D eigenvalue weighted by Crippen LogP contribution is -2.54. The highest BCUT2D eigenvalue weighted by Gasteiger charge is 2.21. The molecule has 2 rings (SSSR count). The number of piperazine rings is 1. The molecule has 1 heterocycles. The van der Waals surface area contributed by atoms with Gasteiger partial charge in [-0.05, 0) is 19.8 Å². The summed E-state index contributed by atoms with van der Waals surface area (Å²) in [5.41, 5.74) is 0. The van der Waals surface area contributed by atoms with Crippen molar-refractivity contribution in [3.05, 3.63) is 0 Å². The van der Waals surface area contributed by atoms with E-state index in [1.54, 1.807) is 0 Å². The minimum absolute atomic E-state index is 0.570. The van der Waals surface area contributed by atoms with Crippen molar-refractivity contribution in [2.24, 2.45) is 0 Å². The van der Waals surface area contributed by atoms with Crippen LogP contribution in [-0.2, 0) is 0 Å². The van der Waals surface area contributed by atoms with Gasteiger partial charge in [-0.1, -0.05) is 12.8 Å². The van der Waals surface area contributed by atoms with Crippen molar-refractivity contribution in [3.8, 4) is 0 Å². The lowest BCUT2D eigenvalue weighted by Gasteiger charge is -2.34. The zero-order valence-corrected chi connectivity index (χ0v) is 9.26. The fraction of sp³-hybridized carbons (Fsp3) is 1.00. The smallest absolute Gasteiger partial charge is 0.0571 e. The first-order valence-corrected chi connectivity index (χ1v) is 6.07. The van der Waals surface area contributed by atoms with E-state index >= 15 is 0 Å². The SMILES string of the molecule is CC(NC1CCCC1)N1CCNCC1. The van der Waals surface area contributed by atoms with Crippen LogP contribution in [-0.4, -0.2) is 43.3 Å². The fourth-order valence-electron chi connectivity index (χ4n) is 2.61. The van der Waals surface area contributed by atoms with Crippen LogP contribution in [0.3, 0.4) is 0 Å². The quantitative estimate of drug-likeness (QED) is 0.700. The molecule has 14 heavy (non-hydrogen) atoms. The molecular formula is C11H23N3. The Morgan fingerprint density at radius 2 is 1.86 bits per heavy atom. The van der Waals surface area contributed by atoms with Gasteiger partial charge in [0.05, 0.1) is 6.17 Å². The van der Waals surface area contributed by atoms with E-state index in [9.17, 15) is 0 Å². The summed E-state index contributed by atoms with van der Waals surface area (Å²) in [5, 5.41) is 7.14. The van der Waals surface area contributed by atoms with Crippen LogP contribution >= 0.6 is 0 Å². The molecule has 82 valence electrons. The van der Waals surface area contributed by atoms with Crippen LogP contribution in [0.4, 0.5) is 0 Å². The van der Waals surface area contributed by atoms with Gasteiger partial charge in [0.15, 0.2) is 0 Å². The Bertz CT molecular complexity index is 160. The molecule has 1 unspecified atom stereocenters. The summed E-state index contributed by atoms with van der Waals surface area (Å²) in [5.74, 6) is 0. The molecule has 1 atom stereocenters. The lowest BCUT2D eigenvalue weighted by molar-refractivity contribution is 0.147. The topological polar surface area (TPSA) is 27.3 Å². The molecule has 0 aromatic heterocycles. The molecule has 2 fully saturated rings. The molecule has 2 aliphatic rings. The molecule has 3 heteroatoms. The van der Waals surface area contributed by atoms with Crippen molar-refractivity contribution in [2.75, 3.05) is 26.2 Å². The molecule has 1 aliphatic heterocycles. The van der Waals surface area contributed by atoms with E-state index in [1.165, 1.54) is 38.8 Å². The van der Waals surface area contributed by atoms with E-state index < -0.39 is 0 Å². The third kappa shape index (κ3) is 2.69. The molecule has 0 aromatic rings. The van der Waals surface area contributed by atoms with E-state index in [-0.39, 0.29) is 0 Å². The molecule has 1 saturated carbocycles. The molecule has 1 aliphatic carbocycles. The van der Waals surface area contributed by atoms with Crippen molar-refractivity contribution in [1.82, 2.24) is 15.5 Å². The molecule has 0 aromatic carbocycles. The van der Waals surface area contributed by atoms with Gasteiger partial charge < -0.3 is 5.32 Å². The molecule has 0 spiro atoms. The lowest BCUT2D eigenvalue weighted by atomic mass is 10.2. The Hall–Kier alpha value is -0.120. The summed E-state index contributed by atoms with van der Waals surface area (Å²) in [6.45, 7) is 7.00. The van der Waals surface area contributed by atoms with Gasteiger partial charge in [-0.2, -0.15) is 0 Å². The van der Waals surface area contributed by atoms with Gasteiger partial charge in [-0.3, -0.25) is 10.2 Å². The molecule has 2 N–H and O–H groups in total. The monoisotopic (exact) mass is 197 g/mol. The molecule has 1 saturated heterocycles. The molecule has 0 radical (unpaired) electrons. The van der Waals surface area contributed by atoms with Crippen molar-refractivity contribution in [3.63, 3.8) is 0 Å². The second-order valence-electron chi connectivity index (χ2n) is 4.61. The second-order valence-corrected chi connectivity index (χ2v) is 4.61. The Balaban J connectivity index is 1.72. The van der Waals surface area contributed by atoms with Crippen LogP contribution in [0.15, 0.2) is 0 Å². The van der Waals surface area contributed by atoms with E-state index in [0.29, 0.717) is 6.17 Å². The van der Waals surface area contributed by atoms with Gasteiger partial charge in [-0.25, -0.2) is 0 Å². The van der Waals surface area contributed by atoms with Crippen LogP contribution in [0.25, 0.3) is 0 Å². The van der Waals surface area contributed by atoms with Crippen LogP contribution in [0.2, 0.25) is 0 Å². The summed E-state index contributed by atoms with van der Waals surface area (Å²) in [4.78, 5) is 2.55. The minimum Gasteiger partial charge on any atom is -0.314 e. The number of hydrogen-bond acceptors (Lipinski definition) is 3. The molecule has 0 amide bonds. The zero-order valence-electron chi connectivity index (χ0n) is 9.26. The minimum atomic E-state index is 0.570. The van der Waals surface area contributed by atoms with Crippen molar-refractivity contribution < 1.29 is 0 Å². The number of nitrogens with zero attached hydrogens (tertiary/aromatic N) is 1. The largest absolute Gasteiger partial charge is 0.314 e. The normalized spacial score (nSPS) is 28.1. The van der Waals surface area contributed by atoms with E-state index in [2.05, 4.69) is 22.5 Å². The fourth-order valence-corrected chi connectivity index (χ4v) is 2.61. The Labute approximate surface area is 87.2 Å². The maximum Gasteiger partial charge on any atom is 0.0571 e. The third-order valence-electron chi connectivity index (χ3n) is 3.53. The van der Waals surface area contributed by atoms with E-state index in [4.69, 9.17) is 0 Å². The van der Waals surface area contributed by atoms with Crippen molar-refractivity contribution in [2.45, 2.75) is 44.8 Å². The molecule has 0 bridgehead atoms. The molecule has 3 nitrogen and oxygen atoms in total. The summed E-state index contributed by atoms with van der Waals surface area (Å²) in [6, 6.07) is 0.792. The van der Waals surface area contributed by atoms with Crippen LogP contribution < -0.4 is 10.6 Å². The first-order valence-electron chi connectivity index (χ1n) is 6.07. The highest BCUT2D eigenvalue weighted by atomic mass is 15.3. The first-order chi connectivity index (χ1) is 6.86. The average molecular weight is 197 g/mol. The first kappa shape index (κ1) is 10.4. The zero-order chi connectivity index (χ0) is 9.80. The predicted octanol–water partition coefficient (Wildman–Crippen LogP) is 0.770. The highest BCUT2D eigenvalue weighted by molar-refractivity contribution is 4.79. The molecular weight excluding hydrogens is 174 g/mol. The van der Waals surface area contributed by atoms with Gasteiger partial charge in [0.2, 0.25) is 0 Å². The van der Waals surface area contributed by atoms with Crippen molar-refractivity contribution in [1.29, 1.82) is 0 Å². The Morgan fingerprint density at radius 3 is 2.50 bits per heavy atom. The van der Waals surface area contributed by atoms with Gasteiger partial charge in [-0.15, -0.1) is 0 Å². The van der Waals surface area contributed by atoms with Gasteiger partial charge in [0, 0.05) is 32.2 Å².